The maximum Gasteiger partial charge on any atom is 0.406 e. The molecular formula is C13H18F3N3O2. The molecule has 0 fully saturated rings. The summed E-state index contributed by atoms with van der Waals surface area (Å²) in [5.74, 6) is -0.858. The number of amides is 1. The number of aromatic nitrogens is 1. The van der Waals surface area contributed by atoms with Crippen LogP contribution in [0.4, 0.5) is 18.9 Å². The van der Waals surface area contributed by atoms with Crippen LogP contribution in [-0.2, 0) is 0 Å². The first-order valence-electron chi connectivity index (χ1n) is 6.54. The average Bonchev–Trinajstić information content (AvgIpc) is 2.43. The van der Waals surface area contributed by atoms with E-state index in [1.807, 2.05) is 6.92 Å². The minimum Gasteiger partial charge on any atom is -0.395 e. The lowest BCUT2D eigenvalue weighted by Crippen LogP contribution is -2.41. The van der Waals surface area contributed by atoms with Crippen LogP contribution in [0.3, 0.4) is 0 Å². The molecule has 2 N–H and O–H groups in total. The van der Waals surface area contributed by atoms with Gasteiger partial charge in [-0.1, -0.05) is 6.92 Å². The van der Waals surface area contributed by atoms with E-state index >= 15 is 0 Å². The first-order chi connectivity index (χ1) is 9.87. The number of pyridine rings is 1. The van der Waals surface area contributed by atoms with Gasteiger partial charge >= 0.3 is 6.18 Å². The number of nitrogens with zero attached hydrogens (tertiary/aromatic N) is 2. The maximum atomic E-state index is 12.4. The number of carbonyl (C=O) groups excluding carboxylic acids is 1. The third-order valence-corrected chi connectivity index (χ3v) is 2.59. The van der Waals surface area contributed by atoms with E-state index in [9.17, 15) is 18.0 Å². The van der Waals surface area contributed by atoms with Crippen molar-refractivity contribution in [2.45, 2.75) is 19.5 Å². The predicted molar refractivity (Wildman–Crippen MR) is 72.1 cm³/mol. The highest BCUT2D eigenvalue weighted by Gasteiger charge is 2.33. The second kappa shape index (κ2) is 7.82. The largest absolute Gasteiger partial charge is 0.406 e. The van der Waals surface area contributed by atoms with Crippen LogP contribution < -0.4 is 5.32 Å². The fraction of sp³-hybridized carbons (Fsp3) is 0.538. The Labute approximate surface area is 120 Å². The number of anilines is 1. The molecule has 0 unspecified atom stereocenters. The van der Waals surface area contributed by atoms with E-state index in [0.29, 0.717) is 10.6 Å². The van der Waals surface area contributed by atoms with E-state index in [4.69, 9.17) is 5.11 Å². The zero-order chi connectivity index (χ0) is 15.9. The average molecular weight is 305 g/mol. The summed E-state index contributed by atoms with van der Waals surface area (Å²) >= 11 is 0. The number of aliphatic hydroxyl groups excluding tert-OH is 1. The van der Waals surface area contributed by atoms with Crippen molar-refractivity contribution in [1.29, 1.82) is 0 Å². The molecule has 0 aliphatic carbocycles. The van der Waals surface area contributed by atoms with E-state index < -0.39 is 31.8 Å². The van der Waals surface area contributed by atoms with Crippen LogP contribution >= 0.6 is 0 Å². The lowest BCUT2D eigenvalue weighted by atomic mass is 10.3. The van der Waals surface area contributed by atoms with Crippen molar-refractivity contribution in [1.82, 2.24) is 9.88 Å². The highest BCUT2D eigenvalue weighted by atomic mass is 19.4. The van der Waals surface area contributed by atoms with Gasteiger partial charge in [0.15, 0.2) is 0 Å². The van der Waals surface area contributed by atoms with Crippen molar-refractivity contribution in [3.05, 3.63) is 24.0 Å². The summed E-state index contributed by atoms with van der Waals surface area (Å²) in [6.45, 7) is 0.375. The molecule has 0 atom stereocenters. The quantitative estimate of drug-likeness (QED) is 0.807. The summed E-state index contributed by atoms with van der Waals surface area (Å²) in [6.07, 6.45) is -2.21. The van der Waals surface area contributed by atoms with E-state index in [1.54, 1.807) is 6.07 Å². The number of carbonyl (C=O) groups is 1. The molecule has 1 amide bonds. The number of nitrogens with one attached hydrogen (secondary N) is 1. The van der Waals surface area contributed by atoms with Gasteiger partial charge in [-0.25, -0.2) is 4.98 Å². The number of aliphatic hydroxyl groups is 1. The number of alkyl halides is 3. The fourth-order valence-electron chi connectivity index (χ4n) is 1.65. The first-order valence-corrected chi connectivity index (χ1v) is 6.54. The summed E-state index contributed by atoms with van der Waals surface area (Å²) in [7, 11) is 0. The molecule has 1 aromatic rings. The molecule has 0 radical (unpaired) electrons. The van der Waals surface area contributed by atoms with Gasteiger partial charge in [0, 0.05) is 13.1 Å². The van der Waals surface area contributed by atoms with E-state index in [-0.39, 0.29) is 5.69 Å². The Morgan fingerprint density at radius 1 is 1.43 bits per heavy atom. The van der Waals surface area contributed by atoms with Crippen LogP contribution in [0.5, 0.6) is 0 Å². The van der Waals surface area contributed by atoms with Crippen LogP contribution in [0.25, 0.3) is 0 Å². The summed E-state index contributed by atoms with van der Waals surface area (Å²) in [5.41, 5.74) is 0.604. The minimum absolute atomic E-state index is 0.0882. The van der Waals surface area contributed by atoms with Crippen LogP contribution in [0, 0.1) is 0 Å². The second-order valence-corrected chi connectivity index (χ2v) is 4.42. The fourth-order valence-corrected chi connectivity index (χ4v) is 1.65. The highest BCUT2D eigenvalue weighted by Crippen LogP contribution is 2.18. The van der Waals surface area contributed by atoms with Crippen molar-refractivity contribution in [3.8, 4) is 0 Å². The van der Waals surface area contributed by atoms with E-state index in [0.717, 1.165) is 13.0 Å². The van der Waals surface area contributed by atoms with Gasteiger partial charge in [-0.2, -0.15) is 13.2 Å². The molecule has 118 valence electrons. The van der Waals surface area contributed by atoms with Crippen molar-refractivity contribution >= 4 is 11.6 Å². The maximum absolute atomic E-state index is 12.4. The summed E-state index contributed by atoms with van der Waals surface area (Å²) in [6, 6.07) is 2.95. The lowest BCUT2D eigenvalue weighted by Gasteiger charge is -2.22. The Hall–Kier alpha value is -1.83. The summed E-state index contributed by atoms with van der Waals surface area (Å²) in [5, 5.41) is 11.8. The van der Waals surface area contributed by atoms with Gasteiger partial charge in [0.2, 0.25) is 0 Å². The zero-order valence-corrected chi connectivity index (χ0v) is 11.7. The van der Waals surface area contributed by atoms with Gasteiger partial charge in [-0.3, -0.25) is 4.79 Å². The van der Waals surface area contributed by atoms with Gasteiger partial charge in [0.05, 0.1) is 18.5 Å². The summed E-state index contributed by atoms with van der Waals surface area (Å²) < 4.78 is 37.2. The molecule has 0 aliphatic rings. The molecule has 5 nitrogen and oxygen atoms in total. The van der Waals surface area contributed by atoms with E-state index in [1.165, 1.54) is 12.3 Å². The SMILES string of the molecule is CCCNc1ccc(C(=O)N(CCO)CC(F)(F)F)nc1. The third-order valence-electron chi connectivity index (χ3n) is 2.59. The van der Waals surface area contributed by atoms with Crippen molar-refractivity contribution < 1.29 is 23.1 Å². The molecule has 21 heavy (non-hydrogen) atoms. The first kappa shape index (κ1) is 17.2. The number of rotatable bonds is 7. The minimum atomic E-state index is -4.52. The van der Waals surface area contributed by atoms with Gasteiger partial charge in [0.25, 0.3) is 5.91 Å². The van der Waals surface area contributed by atoms with Crippen LogP contribution in [-0.4, -0.2) is 53.3 Å². The summed E-state index contributed by atoms with van der Waals surface area (Å²) in [4.78, 5) is 16.4. The zero-order valence-electron chi connectivity index (χ0n) is 11.7. The number of hydrogen-bond acceptors (Lipinski definition) is 4. The molecule has 0 saturated heterocycles. The second-order valence-electron chi connectivity index (χ2n) is 4.42. The Morgan fingerprint density at radius 3 is 2.62 bits per heavy atom. The van der Waals surface area contributed by atoms with E-state index in [2.05, 4.69) is 10.3 Å². The number of hydrogen-bond donors (Lipinski definition) is 2. The Morgan fingerprint density at radius 2 is 2.14 bits per heavy atom. The Kier molecular flexibility index (Phi) is 6.41. The van der Waals surface area contributed by atoms with Gasteiger partial charge in [-0.15, -0.1) is 0 Å². The van der Waals surface area contributed by atoms with Crippen molar-refractivity contribution in [2.24, 2.45) is 0 Å². The van der Waals surface area contributed by atoms with Crippen molar-refractivity contribution in [3.63, 3.8) is 0 Å². The smallest absolute Gasteiger partial charge is 0.395 e. The standard InChI is InChI=1S/C13H18F3N3O2/c1-2-5-17-10-3-4-11(18-8-10)12(21)19(6-7-20)9-13(14,15)16/h3-4,8,17,20H,2,5-7,9H2,1H3. The molecule has 0 aromatic carbocycles. The predicted octanol–water partition coefficient (Wildman–Crippen LogP) is 1.90. The van der Waals surface area contributed by atoms with Gasteiger partial charge in [0.1, 0.15) is 12.2 Å². The monoisotopic (exact) mass is 305 g/mol. The molecule has 0 saturated carbocycles. The van der Waals surface area contributed by atoms with Gasteiger partial charge < -0.3 is 15.3 Å². The lowest BCUT2D eigenvalue weighted by molar-refractivity contribution is -0.141. The van der Waals surface area contributed by atoms with Crippen molar-refractivity contribution in [2.75, 3.05) is 31.6 Å². The molecule has 8 heteroatoms. The molecule has 0 spiro atoms. The molecule has 1 rings (SSSR count). The molecule has 1 heterocycles. The topological polar surface area (TPSA) is 65.5 Å². The molecular weight excluding hydrogens is 287 g/mol. The third kappa shape index (κ3) is 5.99. The van der Waals surface area contributed by atoms with Gasteiger partial charge in [-0.05, 0) is 18.6 Å². The van der Waals surface area contributed by atoms with Crippen LogP contribution in [0.1, 0.15) is 23.8 Å². The van der Waals surface area contributed by atoms with Crippen LogP contribution in [0.2, 0.25) is 0 Å². The van der Waals surface area contributed by atoms with Crippen LogP contribution in [0.15, 0.2) is 18.3 Å². The molecule has 0 bridgehead atoms. The Bertz CT molecular complexity index is 449. The number of halogens is 3. The molecule has 1 aromatic heterocycles. The normalized spacial score (nSPS) is 11.3. The Balaban J connectivity index is 2.78. The highest BCUT2D eigenvalue weighted by molar-refractivity contribution is 5.92. The molecule has 0 aliphatic heterocycles.